The van der Waals surface area contributed by atoms with Gasteiger partial charge in [0, 0.05) is 32.2 Å². The van der Waals surface area contributed by atoms with Crippen LogP contribution in [0.25, 0.3) is 0 Å². The first-order valence-corrected chi connectivity index (χ1v) is 10.2. The van der Waals surface area contributed by atoms with Crippen molar-refractivity contribution in [3.05, 3.63) is 35.1 Å². The molecule has 0 N–H and O–H groups in total. The summed E-state index contributed by atoms with van der Waals surface area (Å²) in [7, 11) is 0. The van der Waals surface area contributed by atoms with Gasteiger partial charge in [0.05, 0.1) is 12.4 Å². The average Bonchev–Trinajstić information content (AvgIpc) is 2.74. The number of anilines is 2. The molecule has 2 saturated heterocycles. The molecular formula is C20H24ClN7. The first-order chi connectivity index (χ1) is 13.6. The number of aryl methyl sites for hydroxylation is 1. The van der Waals surface area contributed by atoms with Crippen LogP contribution >= 0.6 is 11.6 Å². The zero-order valence-electron chi connectivity index (χ0n) is 16.1. The smallest absolute Gasteiger partial charge is 0.147 e. The van der Waals surface area contributed by atoms with Crippen LogP contribution in [-0.2, 0) is 0 Å². The van der Waals surface area contributed by atoms with Crippen LogP contribution in [0.2, 0.25) is 5.15 Å². The monoisotopic (exact) mass is 397 g/mol. The van der Waals surface area contributed by atoms with Gasteiger partial charge in [-0.25, -0.2) is 19.9 Å². The van der Waals surface area contributed by atoms with Crippen molar-refractivity contribution in [2.45, 2.75) is 32.6 Å². The lowest BCUT2D eigenvalue weighted by molar-refractivity contribution is 0.232. The van der Waals surface area contributed by atoms with E-state index in [4.69, 9.17) is 16.9 Å². The minimum Gasteiger partial charge on any atom is -0.356 e. The van der Waals surface area contributed by atoms with Crippen LogP contribution in [0.3, 0.4) is 0 Å². The van der Waals surface area contributed by atoms with Gasteiger partial charge in [-0.15, -0.1) is 0 Å². The highest BCUT2D eigenvalue weighted by molar-refractivity contribution is 6.29. The second-order valence-electron chi connectivity index (χ2n) is 7.62. The van der Waals surface area contributed by atoms with Crippen molar-refractivity contribution in [2.75, 3.05) is 36.0 Å². The molecule has 0 amide bonds. The van der Waals surface area contributed by atoms with E-state index in [1.807, 2.05) is 6.92 Å². The maximum atomic E-state index is 9.14. The molecule has 2 aliphatic heterocycles. The van der Waals surface area contributed by atoms with Gasteiger partial charge in [-0.1, -0.05) is 11.6 Å². The van der Waals surface area contributed by atoms with E-state index in [0.29, 0.717) is 16.7 Å². The summed E-state index contributed by atoms with van der Waals surface area (Å²) in [5.74, 6) is 3.99. The maximum absolute atomic E-state index is 9.14. The summed E-state index contributed by atoms with van der Waals surface area (Å²) in [6.07, 6.45) is 8.12. The quantitative estimate of drug-likeness (QED) is 0.786. The fourth-order valence-corrected chi connectivity index (χ4v) is 4.54. The zero-order valence-corrected chi connectivity index (χ0v) is 16.8. The molecule has 4 heterocycles. The van der Waals surface area contributed by atoms with Crippen LogP contribution in [0.4, 0.5) is 11.6 Å². The summed E-state index contributed by atoms with van der Waals surface area (Å²) in [6.45, 7) is 5.88. The summed E-state index contributed by atoms with van der Waals surface area (Å²) in [6, 6.07) is 3.93. The standard InChI is InChI=1S/C20H24ClN7/c1-14-25-17(11-22)10-19(26-14)27-6-2-15(3-7-27)16-4-8-28(9-5-16)20-13-23-18(21)12-24-20/h10,12-13,15-16H,2-9H2,1H3. The molecule has 0 unspecified atom stereocenters. The average molecular weight is 398 g/mol. The van der Waals surface area contributed by atoms with Crippen molar-refractivity contribution in [1.29, 1.82) is 5.26 Å². The van der Waals surface area contributed by atoms with Crippen LogP contribution in [0.15, 0.2) is 18.5 Å². The van der Waals surface area contributed by atoms with E-state index in [-0.39, 0.29) is 0 Å². The minimum atomic E-state index is 0.436. The van der Waals surface area contributed by atoms with Gasteiger partial charge in [-0.3, -0.25) is 0 Å². The predicted molar refractivity (Wildman–Crippen MR) is 108 cm³/mol. The maximum Gasteiger partial charge on any atom is 0.147 e. The fraction of sp³-hybridized carbons (Fsp3) is 0.550. The number of piperidine rings is 2. The highest BCUT2D eigenvalue weighted by atomic mass is 35.5. The van der Waals surface area contributed by atoms with Crippen LogP contribution in [0, 0.1) is 30.1 Å². The molecule has 7 nitrogen and oxygen atoms in total. The molecule has 2 aromatic heterocycles. The Bertz CT molecular complexity index is 848. The van der Waals surface area contributed by atoms with Crippen molar-refractivity contribution in [3.63, 3.8) is 0 Å². The number of halogens is 1. The van der Waals surface area contributed by atoms with Crippen molar-refractivity contribution >= 4 is 23.2 Å². The Hall–Kier alpha value is -2.46. The summed E-state index contributed by atoms with van der Waals surface area (Å²) < 4.78 is 0. The van der Waals surface area contributed by atoms with Crippen LogP contribution in [0.5, 0.6) is 0 Å². The molecular weight excluding hydrogens is 374 g/mol. The lowest BCUT2D eigenvalue weighted by Crippen LogP contribution is -2.41. The molecule has 0 bridgehead atoms. The normalized spacial score (nSPS) is 18.9. The lowest BCUT2D eigenvalue weighted by Gasteiger charge is -2.40. The molecule has 4 rings (SSSR count). The third-order valence-electron chi connectivity index (χ3n) is 5.94. The molecule has 0 aliphatic carbocycles. The Morgan fingerprint density at radius 1 is 0.929 bits per heavy atom. The molecule has 2 aromatic rings. The summed E-state index contributed by atoms with van der Waals surface area (Å²) in [5, 5.41) is 9.57. The topological polar surface area (TPSA) is 81.8 Å². The van der Waals surface area contributed by atoms with E-state index in [2.05, 4.69) is 35.8 Å². The highest BCUT2D eigenvalue weighted by Gasteiger charge is 2.30. The summed E-state index contributed by atoms with van der Waals surface area (Å²) >= 11 is 5.84. The van der Waals surface area contributed by atoms with Gasteiger partial charge in [-0.05, 0) is 44.4 Å². The Morgan fingerprint density at radius 2 is 1.54 bits per heavy atom. The highest BCUT2D eigenvalue weighted by Crippen LogP contribution is 2.34. The molecule has 0 aromatic carbocycles. The number of nitrogens with zero attached hydrogens (tertiary/aromatic N) is 7. The van der Waals surface area contributed by atoms with Gasteiger partial charge >= 0.3 is 0 Å². The number of hydrogen-bond acceptors (Lipinski definition) is 7. The largest absolute Gasteiger partial charge is 0.356 e. The lowest BCUT2D eigenvalue weighted by atomic mass is 9.79. The second-order valence-corrected chi connectivity index (χ2v) is 8.00. The Balaban J connectivity index is 1.31. The summed E-state index contributed by atoms with van der Waals surface area (Å²) in [4.78, 5) is 21.8. The molecule has 2 aliphatic rings. The molecule has 28 heavy (non-hydrogen) atoms. The number of nitriles is 1. The van der Waals surface area contributed by atoms with Gasteiger partial charge < -0.3 is 9.80 Å². The van der Waals surface area contributed by atoms with E-state index in [0.717, 1.165) is 49.7 Å². The summed E-state index contributed by atoms with van der Waals surface area (Å²) in [5.41, 5.74) is 0.447. The molecule has 0 atom stereocenters. The van der Waals surface area contributed by atoms with E-state index >= 15 is 0 Å². The van der Waals surface area contributed by atoms with E-state index < -0.39 is 0 Å². The first kappa shape index (κ1) is 18.9. The third-order valence-corrected chi connectivity index (χ3v) is 6.13. The van der Waals surface area contributed by atoms with Gasteiger partial charge in [0.2, 0.25) is 0 Å². The molecule has 0 saturated carbocycles. The van der Waals surface area contributed by atoms with Crippen LogP contribution < -0.4 is 9.80 Å². The SMILES string of the molecule is Cc1nc(C#N)cc(N2CCC(C3CCN(c4cnc(Cl)cn4)CC3)CC2)n1. The molecule has 0 radical (unpaired) electrons. The minimum absolute atomic E-state index is 0.436. The zero-order chi connectivity index (χ0) is 19.5. The van der Waals surface area contributed by atoms with Crippen molar-refractivity contribution in [2.24, 2.45) is 11.8 Å². The van der Waals surface area contributed by atoms with Crippen LogP contribution in [-0.4, -0.2) is 46.1 Å². The van der Waals surface area contributed by atoms with Crippen LogP contribution in [0.1, 0.15) is 37.2 Å². The van der Waals surface area contributed by atoms with E-state index in [1.54, 1.807) is 18.5 Å². The number of rotatable bonds is 3. The van der Waals surface area contributed by atoms with Crippen molar-refractivity contribution in [3.8, 4) is 6.07 Å². The number of aromatic nitrogens is 4. The number of hydrogen-bond donors (Lipinski definition) is 0. The third kappa shape index (κ3) is 4.17. The first-order valence-electron chi connectivity index (χ1n) is 9.85. The Labute approximate surface area is 170 Å². The van der Waals surface area contributed by atoms with Gasteiger partial charge in [0.25, 0.3) is 0 Å². The van der Waals surface area contributed by atoms with Crippen molar-refractivity contribution in [1.82, 2.24) is 19.9 Å². The molecule has 8 heteroatoms. The Morgan fingerprint density at radius 3 is 2.07 bits per heavy atom. The fourth-order valence-electron chi connectivity index (χ4n) is 4.44. The molecule has 2 fully saturated rings. The molecule has 0 spiro atoms. The van der Waals surface area contributed by atoms with Crippen molar-refractivity contribution < 1.29 is 0 Å². The van der Waals surface area contributed by atoms with Gasteiger partial charge in [0.1, 0.15) is 34.4 Å². The predicted octanol–water partition coefficient (Wildman–Crippen LogP) is 3.23. The van der Waals surface area contributed by atoms with E-state index in [9.17, 15) is 0 Å². The van der Waals surface area contributed by atoms with Gasteiger partial charge in [-0.2, -0.15) is 5.26 Å². The van der Waals surface area contributed by atoms with E-state index in [1.165, 1.54) is 25.7 Å². The molecule has 146 valence electrons. The Kier molecular flexibility index (Phi) is 5.58. The van der Waals surface area contributed by atoms with Gasteiger partial charge in [0.15, 0.2) is 0 Å². The second kappa shape index (κ2) is 8.27.